The molecule has 0 spiro atoms. The van der Waals surface area contributed by atoms with Crippen LogP contribution < -0.4 is 5.73 Å². The lowest BCUT2D eigenvalue weighted by atomic mass is 10.0. The second kappa shape index (κ2) is 5.06. The first-order valence-electron chi connectivity index (χ1n) is 6.85. The molecule has 3 rings (SSSR count). The molecule has 0 aliphatic rings. The van der Waals surface area contributed by atoms with Crippen LogP contribution in [0.5, 0.6) is 0 Å². The SMILES string of the molecule is Cc1cc(C)c2ccc(-c3cccc(CN)c3)nc2c1. The van der Waals surface area contributed by atoms with Gasteiger partial charge in [-0.25, -0.2) is 4.98 Å². The standard InChI is InChI=1S/C18H18N2/c1-12-8-13(2)16-6-7-17(20-18(16)9-12)15-5-3-4-14(10-15)11-19/h3-10H,11,19H2,1-2H3. The highest BCUT2D eigenvalue weighted by Gasteiger charge is 2.04. The number of rotatable bonds is 2. The number of hydrogen-bond acceptors (Lipinski definition) is 2. The maximum absolute atomic E-state index is 5.71. The Balaban J connectivity index is 2.17. The molecule has 0 fully saturated rings. The number of aryl methyl sites for hydroxylation is 2. The lowest BCUT2D eigenvalue weighted by Gasteiger charge is -2.07. The van der Waals surface area contributed by atoms with Crippen molar-refractivity contribution in [1.29, 1.82) is 0 Å². The zero-order valence-corrected chi connectivity index (χ0v) is 11.9. The summed E-state index contributed by atoms with van der Waals surface area (Å²) in [6.45, 7) is 4.79. The molecule has 0 bridgehead atoms. The Morgan fingerprint density at radius 1 is 1.00 bits per heavy atom. The summed E-state index contributed by atoms with van der Waals surface area (Å²) in [5, 5.41) is 1.22. The van der Waals surface area contributed by atoms with Crippen LogP contribution in [0.4, 0.5) is 0 Å². The van der Waals surface area contributed by atoms with E-state index in [4.69, 9.17) is 10.7 Å². The van der Waals surface area contributed by atoms with Gasteiger partial charge >= 0.3 is 0 Å². The maximum atomic E-state index is 5.71. The van der Waals surface area contributed by atoms with Gasteiger partial charge in [0.25, 0.3) is 0 Å². The van der Waals surface area contributed by atoms with Gasteiger partial charge in [-0.2, -0.15) is 0 Å². The van der Waals surface area contributed by atoms with E-state index >= 15 is 0 Å². The fraction of sp³-hybridized carbons (Fsp3) is 0.167. The van der Waals surface area contributed by atoms with Crippen molar-refractivity contribution < 1.29 is 0 Å². The van der Waals surface area contributed by atoms with Crippen LogP contribution in [0.3, 0.4) is 0 Å². The van der Waals surface area contributed by atoms with E-state index in [9.17, 15) is 0 Å². The topological polar surface area (TPSA) is 38.9 Å². The van der Waals surface area contributed by atoms with E-state index in [1.807, 2.05) is 12.1 Å². The van der Waals surface area contributed by atoms with Gasteiger partial charge in [0.1, 0.15) is 0 Å². The summed E-state index contributed by atoms with van der Waals surface area (Å²) in [5.74, 6) is 0. The van der Waals surface area contributed by atoms with Crippen molar-refractivity contribution in [1.82, 2.24) is 4.98 Å². The predicted octanol–water partition coefficient (Wildman–Crippen LogP) is 3.98. The highest BCUT2D eigenvalue weighted by Crippen LogP contribution is 2.24. The molecule has 1 aromatic heterocycles. The van der Waals surface area contributed by atoms with Crippen LogP contribution in [0.2, 0.25) is 0 Å². The number of aromatic nitrogens is 1. The molecule has 20 heavy (non-hydrogen) atoms. The van der Waals surface area contributed by atoms with Gasteiger partial charge in [0.05, 0.1) is 11.2 Å². The summed E-state index contributed by atoms with van der Waals surface area (Å²) >= 11 is 0. The summed E-state index contributed by atoms with van der Waals surface area (Å²) < 4.78 is 0. The summed E-state index contributed by atoms with van der Waals surface area (Å²) in [5.41, 5.74) is 12.5. The molecule has 0 radical (unpaired) electrons. The molecule has 0 atom stereocenters. The maximum Gasteiger partial charge on any atom is 0.0714 e. The predicted molar refractivity (Wildman–Crippen MR) is 84.5 cm³/mol. The third-order valence-electron chi connectivity index (χ3n) is 3.62. The van der Waals surface area contributed by atoms with Gasteiger partial charge in [0.2, 0.25) is 0 Å². The minimum atomic E-state index is 0.555. The Morgan fingerprint density at radius 3 is 2.65 bits per heavy atom. The number of nitrogens with zero attached hydrogens (tertiary/aromatic N) is 1. The van der Waals surface area contributed by atoms with Gasteiger partial charge < -0.3 is 5.73 Å². The molecule has 0 amide bonds. The molecule has 1 heterocycles. The van der Waals surface area contributed by atoms with Crippen LogP contribution >= 0.6 is 0 Å². The average molecular weight is 262 g/mol. The molecule has 2 N–H and O–H groups in total. The first-order chi connectivity index (χ1) is 9.67. The number of nitrogens with two attached hydrogens (primary N) is 1. The van der Waals surface area contributed by atoms with Crippen LogP contribution in [-0.2, 0) is 6.54 Å². The fourth-order valence-electron chi connectivity index (χ4n) is 2.61. The van der Waals surface area contributed by atoms with Gasteiger partial charge in [0, 0.05) is 17.5 Å². The van der Waals surface area contributed by atoms with Crippen LogP contribution in [0.1, 0.15) is 16.7 Å². The third-order valence-corrected chi connectivity index (χ3v) is 3.62. The normalized spacial score (nSPS) is 10.9. The highest BCUT2D eigenvalue weighted by atomic mass is 14.7. The van der Waals surface area contributed by atoms with E-state index in [1.165, 1.54) is 16.5 Å². The molecule has 0 saturated heterocycles. The summed E-state index contributed by atoms with van der Waals surface area (Å²) in [6.07, 6.45) is 0. The van der Waals surface area contributed by atoms with E-state index in [2.05, 4.69) is 50.2 Å². The monoisotopic (exact) mass is 262 g/mol. The second-order valence-corrected chi connectivity index (χ2v) is 5.25. The molecule has 100 valence electrons. The van der Waals surface area contributed by atoms with Crippen molar-refractivity contribution in [3.8, 4) is 11.3 Å². The van der Waals surface area contributed by atoms with Crippen molar-refractivity contribution in [2.75, 3.05) is 0 Å². The van der Waals surface area contributed by atoms with Crippen molar-refractivity contribution >= 4 is 10.9 Å². The average Bonchev–Trinajstić information content (AvgIpc) is 2.46. The summed E-state index contributed by atoms with van der Waals surface area (Å²) in [6, 6.07) is 16.8. The van der Waals surface area contributed by atoms with Crippen molar-refractivity contribution in [2.45, 2.75) is 20.4 Å². The Labute approximate surface area is 119 Å². The van der Waals surface area contributed by atoms with Crippen LogP contribution in [0.15, 0.2) is 48.5 Å². The van der Waals surface area contributed by atoms with Crippen molar-refractivity contribution in [2.24, 2.45) is 5.73 Å². The van der Waals surface area contributed by atoms with E-state index in [1.54, 1.807) is 0 Å². The zero-order chi connectivity index (χ0) is 14.1. The molecule has 2 nitrogen and oxygen atoms in total. The Kier molecular flexibility index (Phi) is 3.25. The molecular formula is C18H18N2. The van der Waals surface area contributed by atoms with E-state index in [0.29, 0.717) is 6.54 Å². The first kappa shape index (κ1) is 12.8. The molecule has 3 aromatic rings. The third kappa shape index (κ3) is 2.30. The fourth-order valence-corrected chi connectivity index (χ4v) is 2.61. The van der Waals surface area contributed by atoms with Crippen LogP contribution in [0.25, 0.3) is 22.2 Å². The smallest absolute Gasteiger partial charge is 0.0714 e. The van der Waals surface area contributed by atoms with E-state index < -0.39 is 0 Å². The van der Waals surface area contributed by atoms with Crippen molar-refractivity contribution in [3.63, 3.8) is 0 Å². The van der Waals surface area contributed by atoms with Gasteiger partial charge in [-0.3, -0.25) is 0 Å². The lowest BCUT2D eigenvalue weighted by molar-refractivity contribution is 1.07. The van der Waals surface area contributed by atoms with Gasteiger partial charge in [-0.1, -0.05) is 30.3 Å². The molecule has 0 saturated carbocycles. The summed E-state index contributed by atoms with van der Waals surface area (Å²) in [4.78, 5) is 4.80. The zero-order valence-electron chi connectivity index (χ0n) is 11.9. The quantitative estimate of drug-likeness (QED) is 0.758. The van der Waals surface area contributed by atoms with Crippen LogP contribution in [-0.4, -0.2) is 4.98 Å². The number of pyridine rings is 1. The number of benzene rings is 2. The van der Waals surface area contributed by atoms with Crippen molar-refractivity contribution in [3.05, 3.63) is 65.2 Å². The number of hydrogen-bond donors (Lipinski definition) is 1. The molecule has 2 heteroatoms. The highest BCUT2D eigenvalue weighted by molar-refractivity contribution is 5.85. The Hall–Kier alpha value is -2.19. The molecule has 2 aromatic carbocycles. The lowest BCUT2D eigenvalue weighted by Crippen LogP contribution is -1.96. The molecule has 0 aliphatic heterocycles. The Bertz CT molecular complexity index is 775. The first-order valence-corrected chi connectivity index (χ1v) is 6.85. The Morgan fingerprint density at radius 2 is 1.85 bits per heavy atom. The molecule has 0 aliphatic carbocycles. The van der Waals surface area contributed by atoms with Gasteiger partial charge in [-0.05, 0) is 48.7 Å². The molecular weight excluding hydrogens is 244 g/mol. The van der Waals surface area contributed by atoms with E-state index in [-0.39, 0.29) is 0 Å². The largest absolute Gasteiger partial charge is 0.326 e. The van der Waals surface area contributed by atoms with Gasteiger partial charge in [-0.15, -0.1) is 0 Å². The van der Waals surface area contributed by atoms with Gasteiger partial charge in [0.15, 0.2) is 0 Å². The minimum absolute atomic E-state index is 0.555. The second-order valence-electron chi connectivity index (χ2n) is 5.25. The van der Waals surface area contributed by atoms with Crippen LogP contribution in [0, 0.1) is 13.8 Å². The van der Waals surface area contributed by atoms with E-state index in [0.717, 1.165) is 22.3 Å². The minimum Gasteiger partial charge on any atom is -0.326 e. The summed E-state index contributed by atoms with van der Waals surface area (Å²) in [7, 11) is 0. The number of fused-ring (bicyclic) bond motifs is 1. The molecule has 0 unspecified atom stereocenters.